The van der Waals surface area contributed by atoms with Crippen molar-refractivity contribution < 1.29 is 14.4 Å². The van der Waals surface area contributed by atoms with Gasteiger partial charge in [0.05, 0.1) is 0 Å². The number of hydrogen-bond donors (Lipinski definition) is 2. The van der Waals surface area contributed by atoms with Crippen molar-refractivity contribution in [2.75, 3.05) is 22.1 Å². The number of carbonyl (C=O) groups excluding carboxylic acids is 3. The number of aryl methyl sites for hydroxylation is 2. The average molecular weight is 381 g/mol. The summed E-state index contributed by atoms with van der Waals surface area (Å²) in [6.45, 7) is 7.19. The minimum atomic E-state index is -0.157. The summed E-state index contributed by atoms with van der Waals surface area (Å²) in [5.41, 5.74) is 4.29. The van der Waals surface area contributed by atoms with E-state index in [-0.39, 0.29) is 30.7 Å². The molecule has 0 aliphatic rings. The van der Waals surface area contributed by atoms with Gasteiger partial charge < -0.3 is 15.5 Å². The van der Waals surface area contributed by atoms with E-state index in [1.165, 1.54) is 13.8 Å². The quantitative estimate of drug-likeness (QED) is 0.763. The van der Waals surface area contributed by atoms with Crippen molar-refractivity contribution >= 4 is 34.8 Å². The molecule has 148 valence electrons. The second-order valence-corrected chi connectivity index (χ2v) is 6.66. The topological polar surface area (TPSA) is 78.5 Å². The van der Waals surface area contributed by atoms with E-state index in [2.05, 4.69) is 10.6 Å². The molecule has 3 amide bonds. The number of carbonyl (C=O) groups is 3. The van der Waals surface area contributed by atoms with Crippen LogP contribution in [0.25, 0.3) is 0 Å². The standard InChI is InChI=1S/C22H27N3O3/c1-5-18-8-6-7-15(2)22(18)24-21(28)13-14-25(17(4)27)20-11-9-19(10-12-20)23-16(3)26/h6-12H,5,13-14H2,1-4H3,(H,23,26)(H,24,28). The third-order valence-corrected chi connectivity index (χ3v) is 4.45. The molecule has 0 aliphatic heterocycles. The Balaban J connectivity index is 2.04. The zero-order valence-corrected chi connectivity index (χ0v) is 16.8. The van der Waals surface area contributed by atoms with Gasteiger partial charge in [-0.2, -0.15) is 0 Å². The third-order valence-electron chi connectivity index (χ3n) is 4.45. The number of benzene rings is 2. The van der Waals surface area contributed by atoms with Crippen molar-refractivity contribution in [3.63, 3.8) is 0 Å². The van der Waals surface area contributed by atoms with E-state index in [1.807, 2.05) is 32.0 Å². The van der Waals surface area contributed by atoms with Crippen LogP contribution in [-0.4, -0.2) is 24.3 Å². The van der Waals surface area contributed by atoms with E-state index in [9.17, 15) is 14.4 Å². The van der Waals surface area contributed by atoms with Crippen LogP contribution in [0.15, 0.2) is 42.5 Å². The molecule has 0 aromatic heterocycles. The van der Waals surface area contributed by atoms with Crippen molar-refractivity contribution in [3.05, 3.63) is 53.6 Å². The van der Waals surface area contributed by atoms with Crippen LogP contribution in [-0.2, 0) is 20.8 Å². The molecule has 6 heteroatoms. The molecule has 28 heavy (non-hydrogen) atoms. The van der Waals surface area contributed by atoms with Gasteiger partial charge in [-0.15, -0.1) is 0 Å². The highest BCUT2D eigenvalue weighted by Crippen LogP contribution is 2.22. The van der Waals surface area contributed by atoms with Crippen molar-refractivity contribution in [2.45, 2.75) is 40.5 Å². The monoisotopic (exact) mass is 381 g/mol. The lowest BCUT2D eigenvalue weighted by atomic mass is 10.1. The van der Waals surface area contributed by atoms with Crippen LogP contribution in [0.4, 0.5) is 17.1 Å². The van der Waals surface area contributed by atoms with Crippen LogP contribution in [0, 0.1) is 6.92 Å². The third kappa shape index (κ3) is 5.67. The zero-order valence-electron chi connectivity index (χ0n) is 16.8. The summed E-state index contributed by atoms with van der Waals surface area (Å²) in [6.07, 6.45) is 1.02. The first-order valence-electron chi connectivity index (χ1n) is 9.36. The van der Waals surface area contributed by atoms with Gasteiger partial charge in [0, 0.05) is 43.9 Å². The first-order chi connectivity index (χ1) is 13.3. The number of anilines is 3. The van der Waals surface area contributed by atoms with Crippen LogP contribution in [0.1, 0.15) is 38.3 Å². The van der Waals surface area contributed by atoms with Gasteiger partial charge in [-0.3, -0.25) is 14.4 Å². The average Bonchev–Trinajstić information content (AvgIpc) is 2.64. The normalized spacial score (nSPS) is 10.3. The molecule has 2 rings (SSSR count). The van der Waals surface area contributed by atoms with Crippen LogP contribution in [0.5, 0.6) is 0 Å². The Morgan fingerprint density at radius 1 is 0.964 bits per heavy atom. The summed E-state index contributed by atoms with van der Waals surface area (Å²) in [5.74, 6) is -0.439. The molecule has 6 nitrogen and oxygen atoms in total. The summed E-state index contributed by atoms with van der Waals surface area (Å²) in [5, 5.41) is 5.67. The van der Waals surface area contributed by atoms with Crippen molar-refractivity contribution in [2.24, 2.45) is 0 Å². The second-order valence-electron chi connectivity index (χ2n) is 6.66. The van der Waals surface area contributed by atoms with E-state index in [1.54, 1.807) is 29.2 Å². The molecule has 0 saturated heterocycles. The lowest BCUT2D eigenvalue weighted by molar-refractivity contribution is -0.117. The fraction of sp³-hybridized carbons (Fsp3) is 0.318. The molecular formula is C22H27N3O3. The largest absolute Gasteiger partial charge is 0.326 e. The lowest BCUT2D eigenvalue weighted by Gasteiger charge is -2.21. The van der Waals surface area contributed by atoms with Gasteiger partial charge in [-0.05, 0) is 48.7 Å². The molecule has 0 spiro atoms. The maximum Gasteiger partial charge on any atom is 0.226 e. The van der Waals surface area contributed by atoms with E-state index in [4.69, 9.17) is 0 Å². The minimum absolute atomic E-state index is 0.134. The van der Waals surface area contributed by atoms with Crippen molar-refractivity contribution in [1.29, 1.82) is 0 Å². The van der Waals surface area contributed by atoms with Crippen LogP contribution < -0.4 is 15.5 Å². The van der Waals surface area contributed by atoms with Gasteiger partial charge >= 0.3 is 0 Å². The predicted octanol–water partition coefficient (Wildman–Crippen LogP) is 3.90. The number of nitrogens with one attached hydrogen (secondary N) is 2. The Morgan fingerprint density at radius 2 is 1.64 bits per heavy atom. The summed E-state index contributed by atoms with van der Waals surface area (Å²) in [4.78, 5) is 37.2. The van der Waals surface area contributed by atoms with Crippen LogP contribution >= 0.6 is 0 Å². The van der Waals surface area contributed by atoms with E-state index < -0.39 is 0 Å². The fourth-order valence-electron chi connectivity index (χ4n) is 3.01. The smallest absolute Gasteiger partial charge is 0.226 e. The van der Waals surface area contributed by atoms with E-state index >= 15 is 0 Å². The molecular weight excluding hydrogens is 354 g/mol. The Labute approximate surface area is 165 Å². The number of nitrogens with zero attached hydrogens (tertiary/aromatic N) is 1. The summed E-state index contributed by atoms with van der Waals surface area (Å²) >= 11 is 0. The van der Waals surface area contributed by atoms with Gasteiger partial charge in [0.25, 0.3) is 0 Å². The maximum atomic E-state index is 12.5. The molecule has 0 saturated carbocycles. The molecule has 0 fully saturated rings. The SMILES string of the molecule is CCc1cccc(C)c1NC(=O)CCN(C(C)=O)c1ccc(NC(C)=O)cc1. The summed E-state index contributed by atoms with van der Waals surface area (Å²) < 4.78 is 0. The number of para-hydroxylation sites is 1. The Morgan fingerprint density at radius 3 is 2.21 bits per heavy atom. The highest BCUT2D eigenvalue weighted by atomic mass is 16.2. The molecule has 0 bridgehead atoms. The van der Waals surface area contributed by atoms with Gasteiger partial charge in [-0.1, -0.05) is 25.1 Å². The molecule has 0 unspecified atom stereocenters. The molecule has 0 atom stereocenters. The van der Waals surface area contributed by atoms with Crippen molar-refractivity contribution in [3.8, 4) is 0 Å². The molecule has 0 radical (unpaired) electrons. The minimum Gasteiger partial charge on any atom is -0.326 e. The Hall–Kier alpha value is -3.15. The molecule has 2 aromatic carbocycles. The summed E-state index contributed by atoms with van der Waals surface area (Å²) in [7, 11) is 0. The van der Waals surface area contributed by atoms with E-state index in [0.29, 0.717) is 11.4 Å². The van der Waals surface area contributed by atoms with E-state index in [0.717, 1.165) is 23.2 Å². The van der Waals surface area contributed by atoms with Gasteiger partial charge in [0.15, 0.2) is 0 Å². The lowest BCUT2D eigenvalue weighted by Crippen LogP contribution is -2.32. The predicted molar refractivity (Wildman–Crippen MR) is 113 cm³/mol. The first-order valence-corrected chi connectivity index (χ1v) is 9.36. The van der Waals surface area contributed by atoms with Crippen molar-refractivity contribution in [1.82, 2.24) is 0 Å². The second kappa shape index (κ2) is 9.69. The maximum absolute atomic E-state index is 12.5. The number of rotatable bonds is 7. The zero-order chi connectivity index (χ0) is 20.7. The molecule has 2 N–H and O–H groups in total. The highest BCUT2D eigenvalue weighted by molar-refractivity contribution is 5.96. The van der Waals surface area contributed by atoms with Gasteiger partial charge in [0.2, 0.25) is 17.7 Å². The first kappa shape index (κ1) is 21.2. The van der Waals surface area contributed by atoms with Gasteiger partial charge in [-0.25, -0.2) is 0 Å². The molecule has 0 aliphatic carbocycles. The Bertz CT molecular complexity index is 860. The summed E-state index contributed by atoms with van der Waals surface area (Å²) in [6, 6.07) is 12.9. The highest BCUT2D eigenvalue weighted by Gasteiger charge is 2.15. The molecule has 0 heterocycles. The Kier molecular flexibility index (Phi) is 7.32. The van der Waals surface area contributed by atoms with Crippen LogP contribution in [0.2, 0.25) is 0 Å². The van der Waals surface area contributed by atoms with Gasteiger partial charge in [0.1, 0.15) is 0 Å². The van der Waals surface area contributed by atoms with Crippen LogP contribution in [0.3, 0.4) is 0 Å². The number of hydrogen-bond acceptors (Lipinski definition) is 3. The fourth-order valence-corrected chi connectivity index (χ4v) is 3.01. The molecule has 2 aromatic rings. The number of amides is 3.